The van der Waals surface area contributed by atoms with Crippen molar-refractivity contribution in [3.63, 3.8) is 0 Å². The van der Waals surface area contributed by atoms with E-state index in [4.69, 9.17) is 0 Å². The molecule has 3 fully saturated rings. The van der Waals surface area contributed by atoms with Gasteiger partial charge in [0.25, 0.3) is 5.91 Å². The summed E-state index contributed by atoms with van der Waals surface area (Å²) in [5.41, 5.74) is 2.71. The van der Waals surface area contributed by atoms with E-state index in [2.05, 4.69) is 39.0 Å². The number of nitrogens with one attached hydrogen (secondary N) is 1. The van der Waals surface area contributed by atoms with E-state index in [0.29, 0.717) is 18.7 Å². The lowest BCUT2D eigenvalue weighted by molar-refractivity contribution is -0.129. The first kappa shape index (κ1) is 30.3. The summed E-state index contributed by atoms with van der Waals surface area (Å²) in [7, 11) is -3.69. The quantitative estimate of drug-likeness (QED) is 0.560. The van der Waals surface area contributed by atoms with Gasteiger partial charge in [-0.25, -0.2) is 12.7 Å². The van der Waals surface area contributed by atoms with Crippen molar-refractivity contribution in [2.24, 2.45) is 11.8 Å². The lowest BCUT2D eigenvalue weighted by Crippen LogP contribution is -2.46. The van der Waals surface area contributed by atoms with Crippen LogP contribution in [0.1, 0.15) is 36.5 Å². The van der Waals surface area contributed by atoms with E-state index in [1.54, 1.807) is 11.0 Å². The lowest BCUT2D eigenvalue weighted by atomic mass is 9.88. The van der Waals surface area contributed by atoms with Crippen LogP contribution in [0, 0.1) is 11.8 Å². The van der Waals surface area contributed by atoms with Gasteiger partial charge in [0.05, 0.1) is 24.3 Å². The highest BCUT2D eigenvalue weighted by atomic mass is 35.5. The third-order valence-corrected chi connectivity index (χ3v) is 8.96. The zero-order valence-electron chi connectivity index (χ0n) is 21.9. The number of carbonyl (C=O) groups excluding carboxylic acids is 2. The number of halogens is 2. The Labute approximate surface area is 237 Å². The topological polar surface area (TPSA) is 97.0 Å². The molecule has 3 saturated heterocycles. The monoisotopic (exact) mass is 585 g/mol. The molecule has 2 aromatic rings. The minimum Gasteiger partial charge on any atom is -0.369 e. The highest BCUT2D eigenvalue weighted by molar-refractivity contribution is 7.88. The maximum absolute atomic E-state index is 13.5. The Balaban J connectivity index is 0.00000200. The molecule has 38 heavy (non-hydrogen) atoms. The number of nitrogens with zero attached hydrogens (tertiary/aromatic N) is 4. The van der Waals surface area contributed by atoms with Gasteiger partial charge in [-0.15, -0.1) is 24.8 Å². The fraction of sp³-hybridized carbons (Fsp3) is 0.538. The third kappa shape index (κ3) is 5.68. The normalized spacial score (nSPS) is 23.8. The molecule has 1 aromatic carbocycles. The van der Waals surface area contributed by atoms with E-state index in [1.807, 2.05) is 26.0 Å². The molecule has 0 unspecified atom stereocenters. The van der Waals surface area contributed by atoms with Crippen LogP contribution >= 0.6 is 24.8 Å². The molecule has 4 heterocycles. The van der Waals surface area contributed by atoms with Crippen molar-refractivity contribution in [1.29, 1.82) is 0 Å². The number of sulfonamides is 1. The number of benzene rings is 1. The smallest absolute Gasteiger partial charge is 0.270 e. The molecule has 0 saturated carbocycles. The minimum absolute atomic E-state index is 0. The van der Waals surface area contributed by atoms with Gasteiger partial charge < -0.3 is 14.8 Å². The number of aromatic nitrogens is 1. The second-order valence-corrected chi connectivity index (χ2v) is 12.4. The van der Waals surface area contributed by atoms with E-state index in [-0.39, 0.29) is 42.5 Å². The van der Waals surface area contributed by atoms with Crippen LogP contribution < -0.4 is 4.90 Å². The number of likely N-dealkylation sites (tertiary alicyclic amines) is 1. The average molecular weight is 587 g/mol. The summed E-state index contributed by atoms with van der Waals surface area (Å²) >= 11 is 0. The van der Waals surface area contributed by atoms with Crippen molar-refractivity contribution in [2.45, 2.75) is 38.9 Å². The summed E-state index contributed by atoms with van der Waals surface area (Å²) in [6.07, 6.45) is 1.55. The molecule has 0 bridgehead atoms. The summed E-state index contributed by atoms with van der Waals surface area (Å²) in [4.78, 5) is 36.3. The van der Waals surface area contributed by atoms with E-state index in [1.165, 1.54) is 5.69 Å². The van der Waals surface area contributed by atoms with Crippen molar-refractivity contribution >= 4 is 52.3 Å². The lowest BCUT2D eigenvalue weighted by Gasteiger charge is -2.35. The van der Waals surface area contributed by atoms with Gasteiger partial charge in [-0.3, -0.25) is 14.5 Å². The van der Waals surface area contributed by atoms with Crippen molar-refractivity contribution in [2.75, 3.05) is 43.9 Å². The van der Waals surface area contributed by atoms with Crippen LogP contribution in [-0.4, -0.2) is 90.4 Å². The zero-order chi connectivity index (χ0) is 25.6. The summed E-state index contributed by atoms with van der Waals surface area (Å²) < 4.78 is 25.8. The predicted octanol–water partition coefficient (Wildman–Crippen LogP) is 2.84. The van der Waals surface area contributed by atoms with E-state index in [0.717, 1.165) is 49.0 Å². The van der Waals surface area contributed by atoms with Crippen LogP contribution in [0.15, 0.2) is 42.5 Å². The van der Waals surface area contributed by atoms with E-state index < -0.39 is 28.0 Å². The number of para-hydroxylation sites is 1. The molecule has 1 N–H and O–H groups in total. The van der Waals surface area contributed by atoms with Crippen LogP contribution in [0.5, 0.6) is 0 Å². The molecular weight excluding hydrogens is 549 g/mol. The number of amides is 2. The Bertz CT molecular complexity index is 1230. The minimum atomic E-state index is -3.69. The van der Waals surface area contributed by atoms with Gasteiger partial charge in [-0.2, -0.15) is 0 Å². The molecule has 3 aliphatic heterocycles. The molecule has 0 radical (unpaired) electrons. The molecule has 5 rings (SSSR count). The highest BCUT2D eigenvalue weighted by Gasteiger charge is 2.58. The number of aromatic amines is 1. The van der Waals surface area contributed by atoms with Gasteiger partial charge in [-0.05, 0) is 36.6 Å². The number of rotatable bonds is 6. The van der Waals surface area contributed by atoms with Gasteiger partial charge in [0.1, 0.15) is 5.69 Å². The van der Waals surface area contributed by atoms with Crippen LogP contribution in [0.3, 0.4) is 0 Å². The van der Waals surface area contributed by atoms with Gasteiger partial charge in [0.15, 0.2) is 0 Å². The van der Waals surface area contributed by atoms with E-state index in [9.17, 15) is 18.0 Å². The number of hydrogen-bond acceptors (Lipinski definition) is 6. The first-order valence-electron chi connectivity index (χ1n) is 12.7. The maximum atomic E-state index is 13.5. The number of carbonyl (C=O) groups is 2. The molecule has 12 heteroatoms. The average Bonchev–Trinajstić information content (AvgIpc) is 3.53. The standard InChI is InChI=1S/C26H35N5O4S.2ClH/c1-18(2)23-24-22(31(26(23)33)36(3,34)35)11-12-30(24)25(32)21-10-9-19(27-21)17-28-13-15-29(16-14-28)20-7-5-4-6-8-20;;/h4-10,18,22-24,27H,11-17H2,1-3H3;2*1H/t22-,23+,24-;;/m1../s1. The molecular formula is C26H37Cl2N5O4S. The highest BCUT2D eigenvalue weighted by Crippen LogP contribution is 2.41. The fourth-order valence-corrected chi connectivity index (χ4v) is 7.30. The Kier molecular flexibility index (Phi) is 9.45. The van der Waals surface area contributed by atoms with Crippen molar-refractivity contribution in [1.82, 2.24) is 19.1 Å². The van der Waals surface area contributed by atoms with Crippen LogP contribution in [0.25, 0.3) is 0 Å². The first-order chi connectivity index (χ1) is 17.1. The van der Waals surface area contributed by atoms with Crippen LogP contribution in [0.4, 0.5) is 5.69 Å². The number of fused-ring (bicyclic) bond motifs is 1. The molecule has 3 aliphatic rings. The number of piperazine rings is 1. The molecule has 0 aliphatic carbocycles. The number of anilines is 1. The second kappa shape index (κ2) is 11.9. The van der Waals surface area contributed by atoms with Gasteiger partial charge in [0.2, 0.25) is 15.9 Å². The van der Waals surface area contributed by atoms with Crippen LogP contribution in [-0.2, 0) is 21.4 Å². The first-order valence-corrected chi connectivity index (χ1v) is 14.5. The Morgan fingerprint density at radius 3 is 2.26 bits per heavy atom. The zero-order valence-corrected chi connectivity index (χ0v) is 24.4. The molecule has 9 nitrogen and oxygen atoms in total. The molecule has 1 aromatic heterocycles. The van der Waals surface area contributed by atoms with Crippen molar-refractivity contribution < 1.29 is 18.0 Å². The van der Waals surface area contributed by atoms with Gasteiger partial charge >= 0.3 is 0 Å². The Morgan fingerprint density at radius 1 is 1.00 bits per heavy atom. The molecule has 0 spiro atoms. The summed E-state index contributed by atoms with van der Waals surface area (Å²) in [5.74, 6) is -1.15. The van der Waals surface area contributed by atoms with Gasteiger partial charge in [0, 0.05) is 50.6 Å². The number of hydrogen-bond donors (Lipinski definition) is 1. The Morgan fingerprint density at radius 2 is 1.66 bits per heavy atom. The van der Waals surface area contributed by atoms with Crippen molar-refractivity contribution in [3.05, 3.63) is 53.9 Å². The summed E-state index contributed by atoms with van der Waals surface area (Å²) in [6, 6.07) is 13.3. The summed E-state index contributed by atoms with van der Waals surface area (Å²) in [5, 5.41) is 0. The number of H-pyrrole nitrogens is 1. The summed E-state index contributed by atoms with van der Waals surface area (Å²) in [6.45, 7) is 8.78. The second-order valence-electron chi connectivity index (χ2n) is 10.5. The van der Waals surface area contributed by atoms with Crippen LogP contribution in [0.2, 0.25) is 0 Å². The SMILES string of the molecule is CC(C)[C@@H]1C(=O)N(S(C)(=O)=O)[C@@H]2CCN(C(=O)c3ccc(CN4CCN(c5ccccc5)CC4)[nH]3)[C@H]21.Cl.Cl. The maximum Gasteiger partial charge on any atom is 0.270 e. The molecule has 2 amide bonds. The Hall–Kier alpha value is -2.27. The van der Waals surface area contributed by atoms with Gasteiger partial charge in [-0.1, -0.05) is 32.0 Å². The molecule has 3 atom stereocenters. The fourth-order valence-electron chi connectivity index (χ4n) is 6.13. The third-order valence-electron chi connectivity index (χ3n) is 7.79. The van der Waals surface area contributed by atoms with E-state index >= 15 is 0 Å². The molecule has 210 valence electrons. The van der Waals surface area contributed by atoms with Crippen molar-refractivity contribution in [3.8, 4) is 0 Å². The largest absolute Gasteiger partial charge is 0.369 e. The predicted molar refractivity (Wildman–Crippen MR) is 152 cm³/mol.